The zero-order valence-electron chi connectivity index (χ0n) is 15.5. The third-order valence-electron chi connectivity index (χ3n) is 4.22. The number of nitrogens with one attached hydrogen (secondary N) is 2. The highest BCUT2D eigenvalue weighted by molar-refractivity contribution is 7.80. The van der Waals surface area contributed by atoms with Crippen molar-refractivity contribution in [3.05, 3.63) is 88.0 Å². The van der Waals surface area contributed by atoms with Crippen LogP contribution >= 0.6 is 23.8 Å². The Balaban J connectivity index is 1.63. The van der Waals surface area contributed by atoms with Gasteiger partial charge in [-0.1, -0.05) is 29.8 Å². The van der Waals surface area contributed by atoms with Crippen LogP contribution in [0, 0.1) is 19.7 Å². The summed E-state index contributed by atoms with van der Waals surface area (Å²) >= 11 is 11.4. The fraction of sp³-hybridized carbons (Fsp3) is 0.143. The fourth-order valence-corrected chi connectivity index (χ4v) is 3.09. The molecule has 28 heavy (non-hydrogen) atoms. The Morgan fingerprint density at radius 3 is 2.82 bits per heavy atom. The molecule has 3 rings (SSSR count). The molecule has 1 aromatic heterocycles. The van der Waals surface area contributed by atoms with Gasteiger partial charge in [0, 0.05) is 23.5 Å². The first-order chi connectivity index (χ1) is 13.4. The van der Waals surface area contributed by atoms with Crippen molar-refractivity contribution in [3.8, 4) is 0 Å². The minimum atomic E-state index is -0.350. The minimum Gasteiger partial charge on any atom is -0.342 e. The number of aryl methyl sites for hydroxylation is 2. The maximum atomic E-state index is 13.2. The van der Waals surface area contributed by atoms with E-state index in [9.17, 15) is 4.39 Å². The number of aromatic nitrogens is 1. The van der Waals surface area contributed by atoms with Gasteiger partial charge in [0.25, 0.3) is 0 Å². The number of hydrogen-bond donors (Lipinski definition) is 2. The molecule has 0 bridgehead atoms. The van der Waals surface area contributed by atoms with E-state index in [4.69, 9.17) is 23.8 Å². The summed E-state index contributed by atoms with van der Waals surface area (Å²) in [5.41, 5.74) is 7.71. The van der Waals surface area contributed by atoms with Crippen LogP contribution in [-0.4, -0.2) is 15.9 Å². The number of rotatable bonds is 5. The van der Waals surface area contributed by atoms with Crippen molar-refractivity contribution in [2.45, 2.75) is 20.4 Å². The molecule has 7 heteroatoms. The van der Waals surface area contributed by atoms with Gasteiger partial charge in [0.15, 0.2) is 5.11 Å². The lowest BCUT2D eigenvalue weighted by Gasteiger charge is -2.11. The molecule has 0 spiro atoms. The van der Waals surface area contributed by atoms with Gasteiger partial charge < -0.3 is 9.88 Å². The van der Waals surface area contributed by atoms with Crippen LogP contribution in [0.25, 0.3) is 0 Å². The first-order valence-electron chi connectivity index (χ1n) is 8.69. The zero-order chi connectivity index (χ0) is 20.1. The lowest BCUT2D eigenvalue weighted by atomic mass is 10.1. The van der Waals surface area contributed by atoms with Crippen molar-refractivity contribution >= 4 is 40.8 Å². The monoisotopic (exact) mass is 414 g/mol. The van der Waals surface area contributed by atoms with Crippen LogP contribution in [0.2, 0.25) is 5.02 Å². The van der Waals surface area contributed by atoms with Crippen LogP contribution in [0.15, 0.2) is 59.8 Å². The molecule has 0 saturated carbocycles. The number of benzene rings is 2. The van der Waals surface area contributed by atoms with Crippen LogP contribution in [0.1, 0.15) is 22.4 Å². The van der Waals surface area contributed by atoms with E-state index in [0.29, 0.717) is 16.7 Å². The molecule has 0 saturated heterocycles. The Labute approximate surface area is 174 Å². The van der Waals surface area contributed by atoms with Crippen molar-refractivity contribution in [1.29, 1.82) is 0 Å². The maximum absolute atomic E-state index is 13.2. The molecule has 0 atom stereocenters. The molecule has 0 aliphatic heterocycles. The molecule has 0 unspecified atom stereocenters. The Morgan fingerprint density at radius 2 is 2.04 bits per heavy atom. The van der Waals surface area contributed by atoms with Gasteiger partial charge in [0.2, 0.25) is 0 Å². The molecule has 2 N–H and O–H groups in total. The number of nitrogens with zero attached hydrogens (tertiary/aromatic N) is 2. The molecule has 0 aliphatic carbocycles. The lowest BCUT2D eigenvalue weighted by Crippen LogP contribution is -2.24. The highest BCUT2D eigenvalue weighted by Gasteiger charge is 2.05. The van der Waals surface area contributed by atoms with Crippen molar-refractivity contribution < 1.29 is 4.39 Å². The second-order valence-electron chi connectivity index (χ2n) is 6.44. The predicted molar refractivity (Wildman–Crippen MR) is 118 cm³/mol. The van der Waals surface area contributed by atoms with Crippen molar-refractivity contribution in [2.75, 3.05) is 5.32 Å². The Kier molecular flexibility index (Phi) is 6.44. The first kappa shape index (κ1) is 20.0. The zero-order valence-corrected chi connectivity index (χ0v) is 17.1. The Hall–Kier alpha value is -2.70. The first-order valence-corrected chi connectivity index (χ1v) is 9.47. The van der Waals surface area contributed by atoms with Crippen LogP contribution < -0.4 is 10.7 Å². The number of halogens is 2. The molecule has 1 heterocycles. The SMILES string of the molecule is Cc1ccc(C)c(NC(=S)N/N=C/c2cccn2Cc2ccc(F)cc2Cl)c1. The molecule has 4 nitrogen and oxygen atoms in total. The number of anilines is 1. The average molecular weight is 415 g/mol. The third kappa shape index (κ3) is 5.18. The van der Waals surface area contributed by atoms with Crippen molar-refractivity contribution in [3.63, 3.8) is 0 Å². The van der Waals surface area contributed by atoms with Gasteiger partial charge in [-0.3, -0.25) is 5.43 Å². The smallest absolute Gasteiger partial charge is 0.191 e. The number of thiocarbonyl (C=S) groups is 1. The largest absolute Gasteiger partial charge is 0.342 e. The van der Waals surface area contributed by atoms with E-state index in [2.05, 4.69) is 21.9 Å². The summed E-state index contributed by atoms with van der Waals surface area (Å²) in [6.07, 6.45) is 3.59. The average Bonchev–Trinajstić information content (AvgIpc) is 3.08. The summed E-state index contributed by atoms with van der Waals surface area (Å²) in [5, 5.41) is 8.16. The predicted octanol–water partition coefficient (Wildman–Crippen LogP) is 5.27. The maximum Gasteiger partial charge on any atom is 0.191 e. The summed E-state index contributed by atoms with van der Waals surface area (Å²) in [4.78, 5) is 0. The highest BCUT2D eigenvalue weighted by Crippen LogP contribution is 2.19. The van der Waals surface area contributed by atoms with E-state index in [1.54, 1.807) is 12.3 Å². The van der Waals surface area contributed by atoms with Crippen LogP contribution in [0.5, 0.6) is 0 Å². The van der Waals surface area contributed by atoms with Gasteiger partial charge in [-0.2, -0.15) is 5.10 Å². The van der Waals surface area contributed by atoms with Crippen molar-refractivity contribution in [1.82, 2.24) is 9.99 Å². The van der Waals surface area contributed by atoms with Gasteiger partial charge in [-0.25, -0.2) is 4.39 Å². The van der Waals surface area contributed by atoms with Gasteiger partial charge in [-0.15, -0.1) is 0 Å². The summed E-state index contributed by atoms with van der Waals surface area (Å²) in [5.74, 6) is -0.350. The molecular weight excluding hydrogens is 395 g/mol. The van der Waals surface area contributed by atoms with Gasteiger partial charge in [-0.05, 0) is 73.1 Å². The van der Waals surface area contributed by atoms with Gasteiger partial charge in [0.05, 0.1) is 11.9 Å². The molecular formula is C21H20ClFN4S. The van der Waals surface area contributed by atoms with E-state index in [0.717, 1.165) is 28.1 Å². The molecule has 0 aliphatic rings. The quantitative estimate of drug-likeness (QED) is 0.339. The second kappa shape index (κ2) is 8.99. The highest BCUT2D eigenvalue weighted by atomic mass is 35.5. The summed E-state index contributed by atoms with van der Waals surface area (Å²) in [6.45, 7) is 4.56. The minimum absolute atomic E-state index is 0.350. The van der Waals surface area contributed by atoms with E-state index < -0.39 is 0 Å². The molecule has 144 valence electrons. The molecule has 0 radical (unpaired) electrons. The summed E-state index contributed by atoms with van der Waals surface area (Å²) in [6, 6.07) is 14.3. The molecule has 2 aromatic carbocycles. The van der Waals surface area contributed by atoms with Gasteiger partial charge >= 0.3 is 0 Å². The third-order valence-corrected chi connectivity index (χ3v) is 4.77. The molecule has 0 amide bonds. The normalized spacial score (nSPS) is 11.0. The fourth-order valence-electron chi connectivity index (χ4n) is 2.70. The lowest BCUT2D eigenvalue weighted by molar-refractivity contribution is 0.626. The van der Waals surface area contributed by atoms with Crippen LogP contribution in [-0.2, 0) is 6.54 Å². The molecule has 3 aromatic rings. The van der Waals surface area contributed by atoms with E-state index in [1.807, 2.05) is 48.9 Å². The van der Waals surface area contributed by atoms with Crippen molar-refractivity contribution in [2.24, 2.45) is 5.10 Å². The Morgan fingerprint density at radius 1 is 1.21 bits per heavy atom. The van der Waals surface area contributed by atoms with Crippen LogP contribution in [0.3, 0.4) is 0 Å². The standard InChI is InChI=1S/C21H20ClFN4S/c1-14-5-6-15(2)20(10-14)25-21(28)26-24-12-18-4-3-9-27(18)13-16-7-8-17(23)11-19(16)22/h3-12H,13H2,1-2H3,(H2,25,26,28)/b24-12+. The van der Waals surface area contributed by atoms with E-state index >= 15 is 0 Å². The van der Waals surface area contributed by atoms with Crippen LogP contribution in [0.4, 0.5) is 10.1 Å². The topological polar surface area (TPSA) is 41.4 Å². The van der Waals surface area contributed by atoms with Gasteiger partial charge in [0.1, 0.15) is 5.82 Å². The summed E-state index contributed by atoms with van der Waals surface area (Å²) < 4.78 is 15.2. The summed E-state index contributed by atoms with van der Waals surface area (Å²) in [7, 11) is 0. The van der Waals surface area contributed by atoms with E-state index in [1.165, 1.54) is 12.1 Å². The second-order valence-corrected chi connectivity index (χ2v) is 7.25. The Bertz CT molecular complexity index is 1030. The number of hydrogen-bond acceptors (Lipinski definition) is 2. The van der Waals surface area contributed by atoms with E-state index in [-0.39, 0.29) is 5.82 Å². The number of hydrazone groups is 1. The molecule has 0 fully saturated rings.